The van der Waals surface area contributed by atoms with Crippen molar-refractivity contribution < 1.29 is 66.1 Å². The van der Waals surface area contributed by atoms with E-state index in [0.29, 0.717) is 86.4 Å². The van der Waals surface area contributed by atoms with Crippen LogP contribution in [0.4, 0.5) is 28.4 Å². The van der Waals surface area contributed by atoms with Gasteiger partial charge in [0.15, 0.2) is 28.2 Å². The van der Waals surface area contributed by atoms with Gasteiger partial charge in [-0.1, -0.05) is 58.0 Å². The van der Waals surface area contributed by atoms with Crippen LogP contribution in [0.3, 0.4) is 0 Å². The molecule has 10 rings (SSSR count). The Kier molecular flexibility index (Phi) is 15.5. The van der Waals surface area contributed by atoms with Gasteiger partial charge < -0.3 is 49.5 Å². The van der Waals surface area contributed by atoms with Crippen LogP contribution in [0, 0.1) is 0 Å². The summed E-state index contributed by atoms with van der Waals surface area (Å²) in [4.78, 5) is 67.9. The van der Waals surface area contributed by atoms with Crippen molar-refractivity contribution >= 4 is 90.0 Å². The second kappa shape index (κ2) is 22.5. The summed E-state index contributed by atoms with van der Waals surface area (Å²) in [5, 5.41) is 24.1. The van der Waals surface area contributed by atoms with E-state index >= 15 is 0 Å². The summed E-state index contributed by atoms with van der Waals surface area (Å²) in [7, 11) is 0.660. The fourth-order valence-electron chi connectivity index (χ4n) is 9.99. The Labute approximate surface area is 463 Å². The molecule has 23 heteroatoms. The molecule has 0 aliphatic carbocycles. The first-order chi connectivity index (χ1) is 37.9. The number of methoxy groups -OCH3 is 2. The molecule has 6 aromatic rings. The molecule has 4 aliphatic heterocycles. The predicted octanol–water partition coefficient (Wildman–Crippen LogP) is 8.54. The molecule has 0 spiro atoms. The largest absolute Gasteiger partial charge is 0.493 e. The van der Waals surface area contributed by atoms with Crippen LogP contribution in [0.15, 0.2) is 108 Å². The van der Waals surface area contributed by atoms with Crippen LogP contribution in [-0.2, 0) is 45.8 Å². The number of carbonyl (C=O) groups excluding carboxylic acids is 4. The summed E-state index contributed by atoms with van der Waals surface area (Å²) in [6.07, 6.45) is 3.24. The van der Waals surface area contributed by atoms with Gasteiger partial charge in [-0.25, -0.2) is 4.79 Å². The topological polar surface area (TPSA) is 257 Å². The second-order valence-corrected chi connectivity index (χ2v) is 24.6. The number of aromatic nitrogens is 1. The summed E-state index contributed by atoms with van der Waals surface area (Å²) in [6.45, 7) is 4.34. The minimum absolute atomic E-state index is 0.00497. The van der Waals surface area contributed by atoms with Gasteiger partial charge >= 0.3 is 5.97 Å². The Balaban J connectivity index is 0.841. The molecule has 3 amide bonds. The zero-order valence-electron chi connectivity index (χ0n) is 43.3. The maximum Gasteiger partial charge on any atom is 0.353 e. The summed E-state index contributed by atoms with van der Waals surface area (Å²) in [5.41, 5.74) is 7.50. The molecular weight excluding hydrogens is 1080 g/mol. The lowest BCUT2D eigenvalue weighted by Crippen LogP contribution is -2.39. The highest BCUT2D eigenvalue weighted by atomic mass is 33.1. The molecule has 0 radical (unpaired) electrons. The van der Waals surface area contributed by atoms with Crippen molar-refractivity contribution in [3.05, 3.63) is 137 Å². The van der Waals surface area contributed by atoms with Crippen LogP contribution in [0.5, 0.6) is 34.8 Å². The van der Waals surface area contributed by atoms with E-state index in [1.165, 1.54) is 35.8 Å². The van der Waals surface area contributed by atoms with Gasteiger partial charge in [0.05, 0.1) is 48.8 Å². The molecule has 5 heterocycles. The predicted molar refractivity (Wildman–Crippen MR) is 301 cm³/mol. The Morgan fingerprint density at radius 3 is 2.06 bits per heavy atom. The number of anilines is 4. The lowest BCUT2D eigenvalue weighted by Gasteiger charge is -2.23. The quantitative estimate of drug-likeness (QED) is 0.0273. The van der Waals surface area contributed by atoms with Crippen LogP contribution in [0.1, 0.15) is 76.1 Å². The van der Waals surface area contributed by atoms with E-state index in [4.69, 9.17) is 28.8 Å². The standard InChI is InChI=1S/C56H56N6O14S3/c1-56(2,78-77-18-16-49(79(69,70)71)55(68)76-62-51(64)13-14-52(62)65)17-15-50(63)59-36-20-32(30-74-47-26-41-39(24-45(47)72-3)53(66)60-37(28-57-41)22-34-9-5-7-11-43(34)60)19-33(21-36)31-75-48-27-42-40(25-46(48)73-4)54(67)61-38(29-58-42)23-35-10-6-8-12-44(35)61/h5-14,19-21,24-28,37-38,49,58,64-65H,15-18,22-23,29-31H2,1-4H3,(H,59,63)(H,69,70,71). The average Bonchev–Trinajstić information content (AvgIpc) is 4.09. The van der Waals surface area contributed by atoms with E-state index < -0.39 is 37.8 Å². The molecule has 5 aromatic carbocycles. The maximum atomic E-state index is 14.1. The summed E-state index contributed by atoms with van der Waals surface area (Å²) < 4.78 is 58.4. The van der Waals surface area contributed by atoms with Gasteiger partial charge in [0, 0.05) is 77.4 Å². The number of amides is 3. The van der Waals surface area contributed by atoms with Gasteiger partial charge in [0.1, 0.15) is 13.2 Å². The number of carbonyl (C=O) groups is 4. The number of hydrogen-bond acceptors (Lipinski definition) is 17. The Morgan fingerprint density at radius 2 is 1.41 bits per heavy atom. The van der Waals surface area contributed by atoms with Gasteiger partial charge in [-0.3, -0.25) is 28.8 Å². The van der Waals surface area contributed by atoms with E-state index in [1.54, 1.807) is 47.5 Å². The van der Waals surface area contributed by atoms with Crippen LogP contribution in [0.25, 0.3) is 0 Å². The molecule has 20 nitrogen and oxygen atoms in total. The third kappa shape index (κ3) is 11.7. The molecule has 412 valence electrons. The van der Waals surface area contributed by atoms with Crippen LogP contribution < -0.4 is 44.2 Å². The summed E-state index contributed by atoms with van der Waals surface area (Å²) >= 11 is 0. The number of nitrogens with zero attached hydrogens (tertiary/aromatic N) is 4. The van der Waals surface area contributed by atoms with Gasteiger partial charge in [-0.15, -0.1) is 4.73 Å². The van der Waals surface area contributed by atoms with E-state index in [2.05, 4.69) is 10.6 Å². The molecule has 0 saturated heterocycles. The van der Waals surface area contributed by atoms with Gasteiger partial charge in [0.25, 0.3) is 21.9 Å². The molecule has 3 unspecified atom stereocenters. The van der Waals surface area contributed by atoms with Crippen molar-refractivity contribution in [3.63, 3.8) is 0 Å². The molecule has 0 saturated carbocycles. The van der Waals surface area contributed by atoms with Crippen molar-refractivity contribution in [3.8, 4) is 34.8 Å². The van der Waals surface area contributed by atoms with Crippen molar-refractivity contribution in [1.29, 1.82) is 0 Å². The number of para-hydroxylation sites is 2. The minimum atomic E-state index is -4.93. The monoisotopic (exact) mass is 1130 g/mol. The van der Waals surface area contributed by atoms with Crippen LogP contribution in [0.2, 0.25) is 0 Å². The normalized spacial score (nSPS) is 16.5. The number of benzene rings is 5. The van der Waals surface area contributed by atoms with E-state index in [0.717, 1.165) is 41.1 Å². The first-order valence-corrected chi connectivity index (χ1v) is 29.0. The van der Waals surface area contributed by atoms with Crippen LogP contribution in [-0.4, -0.2) is 106 Å². The number of fused-ring (bicyclic) bond motifs is 8. The number of aromatic hydroxyl groups is 2. The Bertz CT molecular complexity index is 3510. The summed E-state index contributed by atoms with van der Waals surface area (Å²) in [5.74, 6) is -1.91. The Hall–Kier alpha value is -7.86. The fourth-order valence-corrected chi connectivity index (χ4v) is 13.5. The third-order valence-electron chi connectivity index (χ3n) is 13.9. The Morgan fingerprint density at radius 1 is 0.797 bits per heavy atom. The smallest absolute Gasteiger partial charge is 0.353 e. The fraction of sp³-hybridized carbons (Fsp3) is 0.304. The van der Waals surface area contributed by atoms with E-state index in [-0.39, 0.29) is 61.6 Å². The third-order valence-corrected chi connectivity index (χ3v) is 18.4. The number of rotatable bonds is 20. The molecular formula is C56H56N6O14S3. The van der Waals surface area contributed by atoms with Crippen molar-refractivity contribution in [2.24, 2.45) is 4.99 Å². The molecule has 0 fully saturated rings. The highest BCUT2D eigenvalue weighted by molar-refractivity contribution is 8.77. The molecule has 1 aromatic heterocycles. The second-order valence-electron chi connectivity index (χ2n) is 19.8. The molecule has 0 bridgehead atoms. The highest BCUT2D eigenvalue weighted by Crippen LogP contribution is 2.44. The molecule has 5 N–H and O–H groups in total. The zero-order chi connectivity index (χ0) is 55.8. The van der Waals surface area contributed by atoms with Crippen molar-refractivity contribution in [1.82, 2.24) is 4.73 Å². The zero-order valence-corrected chi connectivity index (χ0v) is 45.8. The lowest BCUT2D eigenvalue weighted by molar-refractivity contribution is -0.145. The first-order valence-electron chi connectivity index (χ1n) is 25.2. The van der Waals surface area contributed by atoms with Gasteiger partial charge in [-0.2, -0.15) is 8.42 Å². The lowest BCUT2D eigenvalue weighted by atomic mass is 10.1. The number of ether oxygens (including phenoxy) is 4. The van der Waals surface area contributed by atoms with Crippen molar-refractivity contribution in [2.75, 3.05) is 47.0 Å². The molecule has 3 atom stereocenters. The molecule has 4 aliphatic rings. The average molecular weight is 1130 g/mol. The summed E-state index contributed by atoms with van der Waals surface area (Å²) in [6, 6.07) is 29.6. The van der Waals surface area contributed by atoms with E-state index in [9.17, 15) is 42.4 Å². The van der Waals surface area contributed by atoms with Crippen molar-refractivity contribution in [2.45, 2.75) is 81.2 Å². The maximum absolute atomic E-state index is 14.1. The number of aliphatic imine (C=N–C) groups is 1. The highest BCUT2D eigenvalue weighted by Gasteiger charge is 2.39. The van der Waals surface area contributed by atoms with Crippen LogP contribution >= 0.6 is 21.6 Å². The minimum Gasteiger partial charge on any atom is -0.493 e. The van der Waals surface area contributed by atoms with Gasteiger partial charge in [-0.05, 0) is 97.8 Å². The van der Waals surface area contributed by atoms with E-state index in [1.807, 2.05) is 73.3 Å². The number of nitrogens with one attached hydrogen (secondary N) is 2. The first kappa shape index (κ1) is 54.5. The number of hydrogen-bond donors (Lipinski definition) is 5. The SMILES string of the molecule is COc1cc2c(cc1OCc1cc(COc3cc4c(cc3OC)C(=O)N3c5ccccc5CC3CN4)cc(NC(=O)CCC(C)(C)SSCCC(C(=O)On3c(O)ccc3O)S(=O)(=O)O)c1)N=CC1Cc3ccccc3N1C2=O. The van der Waals surface area contributed by atoms with Gasteiger partial charge in [0.2, 0.25) is 17.7 Å². The molecule has 79 heavy (non-hydrogen) atoms.